The molecule has 202 valence electrons. The summed E-state index contributed by atoms with van der Waals surface area (Å²) in [5.41, 5.74) is -0.596. The van der Waals surface area contributed by atoms with Crippen molar-refractivity contribution in [1.29, 1.82) is 0 Å². The molecule has 5 rings (SSSR count). The van der Waals surface area contributed by atoms with Crippen molar-refractivity contribution < 1.29 is 23.1 Å². The second-order valence-corrected chi connectivity index (χ2v) is 9.45. The molecule has 0 aliphatic carbocycles. The highest BCUT2D eigenvalue weighted by Gasteiger charge is 2.34. The molecule has 0 saturated carbocycles. The summed E-state index contributed by atoms with van der Waals surface area (Å²) in [7, 11) is 1.65. The topological polar surface area (TPSA) is 106 Å². The van der Waals surface area contributed by atoms with E-state index in [9.17, 15) is 27.9 Å². The number of hydrogen-bond acceptors (Lipinski definition) is 6. The highest BCUT2D eigenvalue weighted by atomic mass is 19.1. The van der Waals surface area contributed by atoms with E-state index in [1.807, 2.05) is 0 Å². The van der Waals surface area contributed by atoms with E-state index in [0.717, 1.165) is 22.8 Å². The predicted molar refractivity (Wildman–Crippen MR) is 135 cm³/mol. The smallest absolute Gasteiger partial charge is 0.271 e. The quantitative estimate of drug-likeness (QED) is 0.401. The van der Waals surface area contributed by atoms with Gasteiger partial charge in [-0.2, -0.15) is 10.1 Å². The monoisotopic (exact) mass is 538 g/mol. The first kappa shape index (κ1) is 26.1. The van der Waals surface area contributed by atoms with E-state index in [-0.39, 0.29) is 42.5 Å². The fourth-order valence-corrected chi connectivity index (χ4v) is 5.04. The van der Waals surface area contributed by atoms with Crippen molar-refractivity contribution in [1.82, 2.24) is 29.2 Å². The third-order valence-electron chi connectivity index (χ3n) is 6.86. The van der Waals surface area contributed by atoms with Gasteiger partial charge in [-0.15, -0.1) is 0 Å². The Balaban J connectivity index is 1.61. The number of carbonyl (C=O) groups is 1. The van der Waals surface area contributed by atoms with Gasteiger partial charge in [0.05, 0.1) is 6.04 Å². The number of aromatic hydroxyl groups is 1. The first-order valence-electron chi connectivity index (χ1n) is 12.4. The number of aryl methyl sites for hydroxylation is 1. The molecule has 4 aromatic rings. The van der Waals surface area contributed by atoms with E-state index in [2.05, 4.69) is 15.1 Å². The second-order valence-electron chi connectivity index (χ2n) is 9.45. The van der Waals surface area contributed by atoms with Crippen molar-refractivity contribution in [3.63, 3.8) is 0 Å². The Morgan fingerprint density at radius 1 is 1.13 bits per heavy atom. The molecule has 1 aliphatic heterocycles. The van der Waals surface area contributed by atoms with Crippen LogP contribution in [0.3, 0.4) is 0 Å². The van der Waals surface area contributed by atoms with E-state index >= 15 is 0 Å². The van der Waals surface area contributed by atoms with Crippen LogP contribution < -0.4 is 5.56 Å². The lowest BCUT2D eigenvalue weighted by atomic mass is 10.0. The first-order chi connectivity index (χ1) is 18.7. The SMILES string of the molecule is CC[C@@H](c1cc(F)cc(F)c1)n1c(-c2ccn(C)n2)nc(O)c(C(=O)N2CCC(c3cc(F)ccn3)C2)c1=O. The van der Waals surface area contributed by atoms with Gasteiger partial charge in [0.2, 0.25) is 5.88 Å². The van der Waals surface area contributed by atoms with Crippen LogP contribution in [0.1, 0.15) is 53.3 Å². The van der Waals surface area contributed by atoms with Crippen LogP contribution in [-0.4, -0.2) is 53.3 Å². The molecule has 1 saturated heterocycles. The zero-order chi connectivity index (χ0) is 27.8. The summed E-state index contributed by atoms with van der Waals surface area (Å²) >= 11 is 0. The van der Waals surface area contributed by atoms with Crippen LogP contribution in [0.5, 0.6) is 5.88 Å². The van der Waals surface area contributed by atoms with Crippen LogP contribution in [0.4, 0.5) is 13.2 Å². The molecule has 1 unspecified atom stereocenters. The Kier molecular flexibility index (Phi) is 6.94. The minimum absolute atomic E-state index is 0.0607. The molecule has 12 heteroatoms. The van der Waals surface area contributed by atoms with Gasteiger partial charge in [0.25, 0.3) is 11.5 Å². The number of carbonyl (C=O) groups excluding carboxylic acids is 1. The second kappa shape index (κ2) is 10.4. The highest BCUT2D eigenvalue weighted by molar-refractivity contribution is 5.96. The molecule has 0 spiro atoms. The van der Waals surface area contributed by atoms with Gasteiger partial charge in [0.1, 0.15) is 23.1 Å². The summed E-state index contributed by atoms with van der Waals surface area (Å²) in [4.78, 5) is 37.3. The van der Waals surface area contributed by atoms with Crippen molar-refractivity contribution in [3.05, 3.63) is 93.4 Å². The third-order valence-corrected chi connectivity index (χ3v) is 6.86. The van der Waals surface area contributed by atoms with E-state index < -0.39 is 46.4 Å². The minimum Gasteiger partial charge on any atom is -0.493 e. The number of rotatable bonds is 6. The Bertz CT molecular complexity index is 1600. The maximum absolute atomic E-state index is 14.2. The number of hydrogen-bond donors (Lipinski definition) is 1. The van der Waals surface area contributed by atoms with Crippen LogP contribution in [0.15, 0.2) is 53.6 Å². The lowest BCUT2D eigenvalue weighted by Crippen LogP contribution is -2.38. The largest absolute Gasteiger partial charge is 0.493 e. The van der Waals surface area contributed by atoms with Gasteiger partial charge in [0, 0.05) is 50.2 Å². The maximum Gasteiger partial charge on any atom is 0.271 e. The summed E-state index contributed by atoms with van der Waals surface area (Å²) in [6.45, 7) is 2.12. The Hall–Kier alpha value is -4.48. The number of aromatic nitrogens is 5. The summed E-state index contributed by atoms with van der Waals surface area (Å²) in [5.74, 6) is -3.96. The number of amides is 1. The van der Waals surface area contributed by atoms with E-state index in [4.69, 9.17) is 0 Å². The van der Waals surface area contributed by atoms with Gasteiger partial charge in [-0.1, -0.05) is 6.92 Å². The van der Waals surface area contributed by atoms with Gasteiger partial charge in [-0.25, -0.2) is 13.2 Å². The fourth-order valence-electron chi connectivity index (χ4n) is 5.04. The Morgan fingerprint density at radius 2 is 1.87 bits per heavy atom. The minimum atomic E-state index is -0.929. The number of halogens is 3. The zero-order valence-corrected chi connectivity index (χ0v) is 21.2. The summed E-state index contributed by atoms with van der Waals surface area (Å²) in [5, 5.41) is 15.1. The molecule has 1 aliphatic rings. The molecule has 1 fully saturated rings. The Labute approximate surface area is 221 Å². The molecule has 9 nitrogen and oxygen atoms in total. The van der Waals surface area contributed by atoms with E-state index in [1.54, 1.807) is 26.2 Å². The Morgan fingerprint density at radius 3 is 2.51 bits per heavy atom. The number of pyridine rings is 1. The van der Waals surface area contributed by atoms with Gasteiger partial charge in [-0.05, 0) is 48.7 Å². The van der Waals surface area contributed by atoms with Gasteiger partial charge in [-0.3, -0.25) is 23.8 Å². The summed E-state index contributed by atoms with van der Waals surface area (Å²) < 4.78 is 44.6. The van der Waals surface area contributed by atoms with Crippen LogP contribution in [0, 0.1) is 17.5 Å². The molecule has 1 aromatic carbocycles. The normalized spacial score (nSPS) is 16.0. The first-order valence-corrected chi connectivity index (χ1v) is 12.4. The fraction of sp³-hybridized carbons (Fsp3) is 0.296. The molecule has 1 amide bonds. The molecule has 3 aromatic heterocycles. The van der Waals surface area contributed by atoms with Crippen molar-refractivity contribution in [3.8, 4) is 17.4 Å². The van der Waals surface area contributed by atoms with Crippen molar-refractivity contribution in [2.24, 2.45) is 7.05 Å². The maximum atomic E-state index is 14.2. The molecular formula is C27H25F3N6O3. The molecule has 1 N–H and O–H groups in total. The van der Waals surface area contributed by atoms with Crippen molar-refractivity contribution in [2.75, 3.05) is 13.1 Å². The molecular weight excluding hydrogens is 513 g/mol. The molecule has 2 atom stereocenters. The molecule has 0 bridgehead atoms. The van der Waals surface area contributed by atoms with Crippen LogP contribution in [0.2, 0.25) is 0 Å². The van der Waals surface area contributed by atoms with Crippen LogP contribution in [0.25, 0.3) is 11.5 Å². The summed E-state index contributed by atoms with van der Waals surface area (Å²) in [6.07, 6.45) is 3.64. The van der Waals surface area contributed by atoms with Crippen molar-refractivity contribution in [2.45, 2.75) is 31.7 Å². The lowest BCUT2D eigenvalue weighted by molar-refractivity contribution is 0.0784. The van der Waals surface area contributed by atoms with Crippen LogP contribution >= 0.6 is 0 Å². The molecule has 39 heavy (non-hydrogen) atoms. The van der Waals surface area contributed by atoms with Crippen LogP contribution in [-0.2, 0) is 7.05 Å². The van der Waals surface area contributed by atoms with Gasteiger partial charge < -0.3 is 10.0 Å². The van der Waals surface area contributed by atoms with Crippen molar-refractivity contribution >= 4 is 5.91 Å². The zero-order valence-electron chi connectivity index (χ0n) is 21.2. The molecule has 0 radical (unpaired) electrons. The number of likely N-dealkylation sites (tertiary alicyclic amines) is 1. The predicted octanol–water partition coefficient (Wildman–Crippen LogP) is 3.79. The average Bonchev–Trinajstić information content (AvgIpc) is 3.55. The molecule has 4 heterocycles. The van der Waals surface area contributed by atoms with E-state index in [1.165, 1.54) is 27.9 Å². The average molecular weight is 539 g/mol. The van der Waals surface area contributed by atoms with Gasteiger partial charge >= 0.3 is 0 Å². The summed E-state index contributed by atoms with van der Waals surface area (Å²) in [6, 6.07) is 6.10. The lowest BCUT2D eigenvalue weighted by Gasteiger charge is -2.24. The van der Waals surface area contributed by atoms with Gasteiger partial charge in [0.15, 0.2) is 11.4 Å². The number of benzene rings is 1. The standard InChI is InChI=1S/C27H25F3N6O3/c1-3-22(16-10-18(29)12-19(30)11-16)36-24(20-6-8-34(2)33-20)32-25(37)23(27(36)39)26(38)35-9-5-15(14-35)21-13-17(28)4-7-31-21/h4,6-8,10-13,15,22,37H,3,5,9,14H2,1-2H3/t15?,22-/m0/s1. The highest BCUT2D eigenvalue weighted by Crippen LogP contribution is 2.31. The number of nitrogens with zero attached hydrogens (tertiary/aromatic N) is 6. The third kappa shape index (κ3) is 5.01. The van der Waals surface area contributed by atoms with E-state index in [0.29, 0.717) is 12.1 Å².